The smallest absolute Gasteiger partial charge is 0.0465 e. The fraction of sp³-hybridized carbons (Fsp3) is 1.00. The SMILES string of the molecule is CCCC(Cl)C(C)CCOC. The van der Waals surface area contributed by atoms with Crippen LogP contribution in [0.5, 0.6) is 0 Å². The van der Waals surface area contributed by atoms with E-state index < -0.39 is 0 Å². The molecule has 0 fully saturated rings. The maximum absolute atomic E-state index is 6.11. The molecule has 0 aliphatic carbocycles. The Kier molecular flexibility index (Phi) is 7.09. The van der Waals surface area contributed by atoms with Crippen molar-refractivity contribution in [3.05, 3.63) is 0 Å². The lowest BCUT2D eigenvalue weighted by Gasteiger charge is -2.16. The van der Waals surface area contributed by atoms with Crippen LogP contribution in [0, 0.1) is 5.92 Å². The van der Waals surface area contributed by atoms with Crippen LogP contribution in [0.4, 0.5) is 0 Å². The molecule has 1 nitrogen and oxygen atoms in total. The molecule has 0 bridgehead atoms. The molecule has 11 heavy (non-hydrogen) atoms. The quantitative estimate of drug-likeness (QED) is 0.568. The van der Waals surface area contributed by atoms with Gasteiger partial charge in [-0.05, 0) is 18.8 Å². The topological polar surface area (TPSA) is 9.23 Å². The Bertz CT molecular complexity index is 85.6. The van der Waals surface area contributed by atoms with Crippen LogP contribution in [0.2, 0.25) is 0 Å². The monoisotopic (exact) mass is 178 g/mol. The second kappa shape index (κ2) is 6.93. The molecular weight excluding hydrogens is 160 g/mol. The second-order valence-corrected chi connectivity index (χ2v) is 3.62. The highest BCUT2D eigenvalue weighted by molar-refractivity contribution is 6.20. The van der Waals surface area contributed by atoms with Gasteiger partial charge in [-0.15, -0.1) is 11.6 Å². The fourth-order valence-electron chi connectivity index (χ4n) is 1.04. The zero-order valence-electron chi connectivity index (χ0n) is 7.77. The van der Waals surface area contributed by atoms with E-state index in [4.69, 9.17) is 16.3 Å². The van der Waals surface area contributed by atoms with Crippen LogP contribution in [-0.4, -0.2) is 19.1 Å². The van der Waals surface area contributed by atoms with Crippen molar-refractivity contribution >= 4 is 11.6 Å². The summed E-state index contributed by atoms with van der Waals surface area (Å²) in [6.45, 7) is 5.18. The van der Waals surface area contributed by atoms with E-state index in [0.29, 0.717) is 11.3 Å². The van der Waals surface area contributed by atoms with Gasteiger partial charge in [-0.2, -0.15) is 0 Å². The highest BCUT2D eigenvalue weighted by atomic mass is 35.5. The highest BCUT2D eigenvalue weighted by Crippen LogP contribution is 2.18. The molecule has 0 spiro atoms. The summed E-state index contributed by atoms with van der Waals surface area (Å²) < 4.78 is 4.98. The van der Waals surface area contributed by atoms with Crippen LogP contribution < -0.4 is 0 Å². The summed E-state index contributed by atoms with van der Waals surface area (Å²) in [5.41, 5.74) is 0. The van der Waals surface area contributed by atoms with Crippen molar-refractivity contribution < 1.29 is 4.74 Å². The number of methoxy groups -OCH3 is 1. The molecule has 0 saturated carbocycles. The molecule has 0 heterocycles. The van der Waals surface area contributed by atoms with E-state index in [0.717, 1.165) is 19.4 Å². The summed E-state index contributed by atoms with van der Waals surface area (Å²) in [5, 5.41) is 0.329. The van der Waals surface area contributed by atoms with Crippen molar-refractivity contribution in [2.45, 2.75) is 38.5 Å². The molecular formula is C9H19ClO. The van der Waals surface area contributed by atoms with E-state index in [2.05, 4.69) is 13.8 Å². The summed E-state index contributed by atoms with van der Waals surface area (Å²) in [5.74, 6) is 0.580. The van der Waals surface area contributed by atoms with Crippen molar-refractivity contribution in [2.75, 3.05) is 13.7 Å². The van der Waals surface area contributed by atoms with Crippen LogP contribution in [0.3, 0.4) is 0 Å². The van der Waals surface area contributed by atoms with Gasteiger partial charge in [0.15, 0.2) is 0 Å². The van der Waals surface area contributed by atoms with E-state index >= 15 is 0 Å². The van der Waals surface area contributed by atoms with Crippen LogP contribution in [-0.2, 0) is 4.74 Å². The second-order valence-electron chi connectivity index (χ2n) is 3.06. The van der Waals surface area contributed by atoms with Gasteiger partial charge in [0.05, 0.1) is 0 Å². The minimum atomic E-state index is 0.329. The Labute approximate surface area is 75.1 Å². The first-order valence-electron chi connectivity index (χ1n) is 4.35. The van der Waals surface area contributed by atoms with Gasteiger partial charge in [0.2, 0.25) is 0 Å². The van der Waals surface area contributed by atoms with Crippen LogP contribution in [0.25, 0.3) is 0 Å². The molecule has 0 saturated heterocycles. The maximum atomic E-state index is 6.11. The first-order valence-corrected chi connectivity index (χ1v) is 4.79. The lowest BCUT2D eigenvalue weighted by atomic mass is 10.0. The molecule has 0 aromatic heterocycles. The largest absolute Gasteiger partial charge is 0.385 e. The van der Waals surface area contributed by atoms with Gasteiger partial charge in [-0.1, -0.05) is 20.3 Å². The van der Waals surface area contributed by atoms with Gasteiger partial charge in [0.25, 0.3) is 0 Å². The van der Waals surface area contributed by atoms with E-state index in [9.17, 15) is 0 Å². The molecule has 2 heteroatoms. The molecule has 2 unspecified atom stereocenters. The molecule has 0 aliphatic heterocycles. The third kappa shape index (κ3) is 5.51. The summed E-state index contributed by atoms with van der Waals surface area (Å²) in [4.78, 5) is 0. The summed E-state index contributed by atoms with van der Waals surface area (Å²) >= 11 is 6.11. The number of hydrogen-bond acceptors (Lipinski definition) is 1. The van der Waals surface area contributed by atoms with Gasteiger partial charge in [0, 0.05) is 19.1 Å². The zero-order chi connectivity index (χ0) is 8.69. The average molecular weight is 179 g/mol. The fourth-order valence-corrected chi connectivity index (χ4v) is 1.39. The average Bonchev–Trinajstić information content (AvgIpc) is 2.00. The molecule has 0 N–H and O–H groups in total. The maximum Gasteiger partial charge on any atom is 0.0465 e. The Morgan fingerprint density at radius 1 is 1.36 bits per heavy atom. The molecule has 0 aromatic carbocycles. The number of hydrogen-bond donors (Lipinski definition) is 0. The lowest BCUT2D eigenvalue weighted by molar-refractivity contribution is 0.178. The summed E-state index contributed by atoms with van der Waals surface area (Å²) in [6, 6.07) is 0. The highest BCUT2D eigenvalue weighted by Gasteiger charge is 2.12. The first kappa shape index (κ1) is 11.2. The Morgan fingerprint density at radius 3 is 2.45 bits per heavy atom. The predicted octanol–water partition coefficient (Wildman–Crippen LogP) is 3.07. The Balaban J connectivity index is 3.38. The van der Waals surface area contributed by atoms with E-state index in [1.807, 2.05) is 0 Å². The third-order valence-electron chi connectivity index (χ3n) is 1.96. The minimum Gasteiger partial charge on any atom is -0.385 e. The van der Waals surface area contributed by atoms with Crippen molar-refractivity contribution in [3.8, 4) is 0 Å². The zero-order valence-corrected chi connectivity index (χ0v) is 8.53. The number of halogens is 1. The normalized spacial score (nSPS) is 16.4. The standard InChI is InChI=1S/C9H19ClO/c1-4-5-9(10)8(2)6-7-11-3/h8-9H,4-7H2,1-3H3. The van der Waals surface area contributed by atoms with E-state index in [1.54, 1.807) is 7.11 Å². The first-order chi connectivity index (χ1) is 5.22. The third-order valence-corrected chi connectivity index (χ3v) is 2.61. The molecule has 0 aromatic rings. The predicted molar refractivity (Wildman–Crippen MR) is 50.2 cm³/mol. The molecule has 0 amide bonds. The molecule has 0 rings (SSSR count). The number of alkyl halides is 1. The summed E-state index contributed by atoms with van der Waals surface area (Å²) in [7, 11) is 1.73. The van der Waals surface area contributed by atoms with Gasteiger partial charge < -0.3 is 4.74 Å². The van der Waals surface area contributed by atoms with Crippen molar-refractivity contribution in [1.29, 1.82) is 0 Å². The number of rotatable bonds is 6. The van der Waals surface area contributed by atoms with Gasteiger partial charge in [-0.25, -0.2) is 0 Å². The van der Waals surface area contributed by atoms with Crippen LogP contribution in [0.15, 0.2) is 0 Å². The van der Waals surface area contributed by atoms with Crippen molar-refractivity contribution in [1.82, 2.24) is 0 Å². The van der Waals surface area contributed by atoms with E-state index in [-0.39, 0.29) is 0 Å². The van der Waals surface area contributed by atoms with E-state index in [1.165, 1.54) is 6.42 Å². The lowest BCUT2D eigenvalue weighted by Crippen LogP contribution is -2.13. The summed E-state index contributed by atoms with van der Waals surface area (Å²) in [6.07, 6.45) is 3.36. The minimum absolute atomic E-state index is 0.329. The van der Waals surface area contributed by atoms with Crippen molar-refractivity contribution in [2.24, 2.45) is 5.92 Å². The molecule has 0 radical (unpaired) electrons. The Morgan fingerprint density at radius 2 is 2.00 bits per heavy atom. The van der Waals surface area contributed by atoms with Gasteiger partial charge in [0.1, 0.15) is 0 Å². The van der Waals surface area contributed by atoms with Crippen molar-refractivity contribution in [3.63, 3.8) is 0 Å². The molecule has 68 valence electrons. The Hall–Kier alpha value is 0.250. The number of ether oxygens (including phenoxy) is 1. The molecule has 0 aliphatic rings. The molecule has 2 atom stereocenters. The van der Waals surface area contributed by atoms with Crippen LogP contribution >= 0.6 is 11.6 Å². The van der Waals surface area contributed by atoms with Gasteiger partial charge >= 0.3 is 0 Å². The van der Waals surface area contributed by atoms with Crippen LogP contribution in [0.1, 0.15) is 33.1 Å². The van der Waals surface area contributed by atoms with Gasteiger partial charge in [-0.3, -0.25) is 0 Å².